The third-order valence-electron chi connectivity index (χ3n) is 5.95. The minimum atomic E-state index is -0.307. The van der Waals surface area contributed by atoms with E-state index in [1.54, 1.807) is 11.8 Å². The molecule has 3 saturated heterocycles. The predicted molar refractivity (Wildman–Crippen MR) is 104 cm³/mol. The molecule has 2 amide bonds. The van der Waals surface area contributed by atoms with Crippen molar-refractivity contribution in [1.82, 2.24) is 14.7 Å². The van der Waals surface area contributed by atoms with E-state index in [9.17, 15) is 14.0 Å². The van der Waals surface area contributed by atoms with Gasteiger partial charge in [0.05, 0.1) is 4.87 Å². The third kappa shape index (κ3) is 3.72. The van der Waals surface area contributed by atoms with Crippen LogP contribution in [-0.4, -0.2) is 69.4 Å². The SMILES string of the molecule is CC12CCC(=O)N1C(C(=O)N1CCCN(Cc3ccc(F)cc3)CC1)CS2. The highest BCUT2D eigenvalue weighted by atomic mass is 32.2. The second kappa shape index (κ2) is 7.43. The van der Waals surface area contributed by atoms with Gasteiger partial charge >= 0.3 is 0 Å². The molecule has 3 aliphatic heterocycles. The fourth-order valence-electron chi connectivity index (χ4n) is 4.41. The Hall–Kier alpha value is -1.60. The molecule has 4 rings (SSSR count). The number of hydrogen-bond donors (Lipinski definition) is 0. The zero-order chi connectivity index (χ0) is 19.0. The van der Waals surface area contributed by atoms with E-state index < -0.39 is 0 Å². The molecular weight excluding hydrogens is 365 g/mol. The van der Waals surface area contributed by atoms with Crippen LogP contribution in [0.3, 0.4) is 0 Å². The van der Waals surface area contributed by atoms with Crippen LogP contribution in [-0.2, 0) is 16.1 Å². The highest BCUT2D eigenvalue weighted by Crippen LogP contribution is 2.47. The highest BCUT2D eigenvalue weighted by molar-refractivity contribution is 8.01. The lowest BCUT2D eigenvalue weighted by molar-refractivity contribution is -0.143. The molecule has 7 heteroatoms. The lowest BCUT2D eigenvalue weighted by Crippen LogP contribution is -2.52. The first-order valence-corrected chi connectivity index (χ1v) is 10.7. The Morgan fingerprint density at radius 3 is 2.78 bits per heavy atom. The standard InChI is InChI=1S/C20H26FN3O2S/c1-20-8-7-18(25)24(20)17(14-27-20)19(26)23-10-2-9-22(11-12-23)13-15-3-5-16(21)6-4-15/h3-6,17H,2,7-14H2,1H3. The molecule has 0 radical (unpaired) electrons. The number of thioether (sulfide) groups is 1. The fraction of sp³-hybridized carbons (Fsp3) is 0.600. The normalized spacial score (nSPS) is 29.1. The molecule has 146 valence electrons. The number of carbonyl (C=O) groups excluding carboxylic acids is 2. The number of halogens is 1. The van der Waals surface area contributed by atoms with Crippen molar-refractivity contribution in [3.63, 3.8) is 0 Å². The number of rotatable bonds is 3. The number of nitrogens with zero attached hydrogens (tertiary/aromatic N) is 3. The summed E-state index contributed by atoms with van der Waals surface area (Å²) in [5.74, 6) is 0.708. The van der Waals surface area contributed by atoms with E-state index in [4.69, 9.17) is 0 Å². The summed E-state index contributed by atoms with van der Waals surface area (Å²) in [6, 6.07) is 6.31. The maximum atomic E-state index is 13.1. The zero-order valence-electron chi connectivity index (χ0n) is 15.7. The van der Waals surface area contributed by atoms with Crippen molar-refractivity contribution in [3.8, 4) is 0 Å². The monoisotopic (exact) mass is 391 g/mol. The maximum Gasteiger partial charge on any atom is 0.246 e. The quantitative estimate of drug-likeness (QED) is 0.793. The van der Waals surface area contributed by atoms with E-state index in [0.717, 1.165) is 44.6 Å². The van der Waals surface area contributed by atoms with Crippen molar-refractivity contribution in [2.45, 2.75) is 43.6 Å². The molecule has 0 N–H and O–H groups in total. The molecule has 0 aliphatic carbocycles. The lowest BCUT2D eigenvalue weighted by atomic mass is 10.2. The Labute approximate surface area is 163 Å². The molecule has 2 unspecified atom stereocenters. The van der Waals surface area contributed by atoms with Crippen LogP contribution in [0.2, 0.25) is 0 Å². The van der Waals surface area contributed by atoms with Crippen LogP contribution in [0.5, 0.6) is 0 Å². The van der Waals surface area contributed by atoms with Gasteiger partial charge in [0.1, 0.15) is 11.9 Å². The van der Waals surface area contributed by atoms with Crippen LogP contribution >= 0.6 is 11.8 Å². The molecule has 3 heterocycles. The van der Waals surface area contributed by atoms with Crippen molar-refractivity contribution in [2.24, 2.45) is 0 Å². The second-order valence-corrected chi connectivity index (χ2v) is 9.35. The molecule has 1 aromatic rings. The van der Waals surface area contributed by atoms with Gasteiger partial charge in [-0.25, -0.2) is 4.39 Å². The van der Waals surface area contributed by atoms with Crippen LogP contribution in [0, 0.1) is 5.82 Å². The van der Waals surface area contributed by atoms with E-state index in [-0.39, 0.29) is 28.5 Å². The molecule has 0 aromatic heterocycles. The van der Waals surface area contributed by atoms with E-state index in [2.05, 4.69) is 11.8 Å². The molecule has 1 aromatic carbocycles. The predicted octanol–water partition coefficient (Wildman–Crippen LogP) is 2.31. The van der Waals surface area contributed by atoms with Crippen LogP contribution in [0.25, 0.3) is 0 Å². The molecule has 0 saturated carbocycles. The van der Waals surface area contributed by atoms with Gasteiger partial charge < -0.3 is 9.80 Å². The molecule has 5 nitrogen and oxygen atoms in total. The summed E-state index contributed by atoms with van der Waals surface area (Å²) < 4.78 is 13.1. The van der Waals surface area contributed by atoms with Crippen molar-refractivity contribution < 1.29 is 14.0 Å². The number of carbonyl (C=O) groups is 2. The average molecular weight is 392 g/mol. The Morgan fingerprint density at radius 1 is 1.22 bits per heavy atom. The molecule has 3 aliphatic rings. The van der Waals surface area contributed by atoms with Gasteiger partial charge in [0.15, 0.2) is 0 Å². The summed E-state index contributed by atoms with van der Waals surface area (Å²) in [5.41, 5.74) is 1.08. The van der Waals surface area contributed by atoms with Crippen LogP contribution in [0.1, 0.15) is 31.7 Å². The molecule has 27 heavy (non-hydrogen) atoms. The lowest BCUT2D eigenvalue weighted by Gasteiger charge is -2.32. The van der Waals surface area contributed by atoms with E-state index >= 15 is 0 Å². The van der Waals surface area contributed by atoms with Gasteiger partial charge in [0, 0.05) is 44.9 Å². The fourth-order valence-corrected chi connectivity index (χ4v) is 5.83. The maximum absolute atomic E-state index is 13.1. The topological polar surface area (TPSA) is 43.9 Å². The van der Waals surface area contributed by atoms with E-state index in [0.29, 0.717) is 18.7 Å². The molecule has 3 fully saturated rings. The van der Waals surface area contributed by atoms with Crippen molar-refractivity contribution >= 4 is 23.6 Å². The van der Waals surface area contributed by atoms with Gasteiger partial charge in [-0.05, 0) is 37.5 Å². The van der Waals surface area contributed by atoms with Gasteiger partial charge in [0.2, 0.25) is 11.8 Å². The highest BCUT2D eigenvalue weighted by Gasteiger charge is 2.53. The molecule has 0 spiro atoms. The minimum Gasteiger partial charge on any atom is -0.340 e. The van der Waals surface area contributed by atoms with Crippen molar-refractivity contribution in [3.05, 3.63) is 35.6 Å². The Balaban J connectivity index is 1.37. The van der Waals surface area contributed by atoms with Gasteiger partial charge in [-0.2, -0.15) is 0 Å². The smallest absolute Gasteiger partial charge is 0.246 e. The van der Waals surface area contributed by atoms with Crippen LogP contribution < -0.4 is 0 Å². The number of amides is 2. The first kappa shape index (κ1) is 18.7. The summed E-state index contributed by atoms with van der Waals surface area (Å²) in [5, 5.41) is 0. The Bertz CT molecular complexity index is 728. The summed E-state index contributed by atoms with van der Waals surface area (Å²) >= 11 is 1.74. The Morgan fingerprint density at radius 2 is 2.00 bits per heavy atom. The minimum absolute atomic E-state index is 0.102. The van der Waals surface area contributed by atoms with Gasteiger partial charge in [-0.3, -0.25) is 14.5 Å². The number of benzene rings is 1. The first-order chi connectivity index (χ1) is 13.0. The summed E-state index contributed by atoms with van der Waals surface area (Å²) in [6.07, 6.45) is 2.31. The molecular formula is C20H26FN3O2S. The van der Waals surface area contributed by atoms with E-state index in [1.807, 2.05) is 21.9 Å². The van der Waals surface area contributed by atoms with Crippen LogP contribution in [0.4, 0.5) is 4.39 Å². The summed E-state index contributed by atoms with van der Waals surface area (Å²) in [4.78, 5) is 31.4. The number of fused-ring (bicyclic) bond motifs is 1. The summed E-state index contributed by atoms with van der Waals surface area (Å²) in [6.45, 7) is 5.99. The second-order valence-electron chi connectivity index (χ2n) is 7.85. The van der Waals surface area contributed by atoms with Crippen molar-refractivity contribution in [1.29, 1.82) is 0 Å². The number of hydrogen-bond acceptors (Lipinski definition) is 4. The Kier molecular flexibility index (Phi) is 5.16. The summed E-state index contributed by atoms with van der Waals surface area (Å²) in [7, 11) is 0. The first-order valence-electron chi connectivity index (χ1n) is 9.68. The van der Waals surface area contributed by atoms with Gasteiger partial charge in [0.25, 0.3) is 0 Å². The van der Waals surface area contributed by atoms with Gasteiger partial charge in [-0.1, -0.05) is 12.1 Å². The van der Waals surface area contributed by atoms with Crippen molar-refractivity contribution in [2.75, 3.05) is 31.9 Å². The zero-order valence-corrected chi connectivity index (χ0v) is 16.5. The van der Waals surface area contributed by atoms with E-state index in [1.165, 1.54) is 12.1 Å². The molecule has 0 bridgehead atoms. The third-order valence-corrected chi connectivity index (χ3v) is 7.45. The average Bonchev–Trinajstić information content (AvgIpc) is 3.03. The largest absolute Gasteiger partial charge is 0.340 e. The molecule has 2 atom stereocenters. The van der Waals surface area contributed by atoms with Crippen LogP contribution in [0.15, 0.2) is 24.3 Å². The van der Waals surface area contributed by atoms with Gasteiger partial charge in [-0.15, -0.1) is 11.8 Å².